The highest BCUT2D eigenvalue weighted by Crippen LogP contribution is 2.31. The predicted octanol–water partition coefficient (Wildman–Crippen LogP) is 3.32. The van der Waals surface area contributed by atoms with E-state index < -0.39 is 0 Å². The van der Waals surface area contributed by atoms with Gasteiger partial charge in [0.25, 0.3) is 0 Å². The Bertz CT molecular complexity index is 402. The normalized spacial score (nSPS) is 17.2. The molecule has 2 heteroatoms. The molecular weight excluding hydrogens is 246 g/mol. The van der Waals surface area contributed by atoms with Crippen LogP contribution in [-0.4, -0.2) is 23.3 Å². The van der Waals surface area contributed by atoms with Crippen LogP contribution in [0.25, 0.3) is 0 Å². The van der Waals surface area contributed by atoms with Gasteiger partial charge in [-0.2, -0.15) is 0 Å². The molecule has 0 heterocycles. The molecule has 1 aromatic carbocycles. The maximum absolute atomic E-state index is 9.85. The molecule has 0 aliphatic heterocycles. The van der Waals surface area contributed by atoms with Crippen molar-refractivity contribution in [3.05, 3.63) is 35.4 Å². The van der Waals surface area contributed by atoms with Crippen molar-refractivity contribution in [2.75, 3.05) is 6.54 Å². The molecule has 1 aliphatic carbocycles. The van der Waals surface area contributed by atoms with E-state index in [9.17, 15) is 5.11 Å². The number of aliphatic hydroxyl groups excluding tert-OH is 1. The third-order valence-corrected chi connectivity index (χ3v) is 4.37. The number of β-amino-alcohol motifs (C(OH)–C–C–N with tert-alkyl or cyclic N) is 1. The first kappa shape index (κ1) is 15.5. The molecule has 0 radical (unpaired) electrons. The molecule has 0 amide bonds. The molecule has 0 saturated carbocycles. The van der Waals surface area contributed by atoms with E-state index in [1.54, 1.807) is 0 Å². The highest BCUT2D eigenvalue weighted by atomic mass is 16.3. The van der Waals surface area contributed by atoms with Gasteiger partial charge < -0.3 is 10.4 Å². The molecule has 112 valence electrons. The monoisotopic (exact) mass is 275 g/mol. The minimum atomic E-state index is -0.208. The number of hydrogen-bond acceptors (Lipinski definition) is 2. The van der Waals surface area contributed by atoms with E-state index in [2.05, 4.69) is 50.4 Å². The van der Waals surface area contributed by atoms with Crippen molar-refractivity contribution >= 4 is 0 Å². The molecule has 0 spiro atoms. The average molecular weight is 275 g/mol. The zero-order valence-electron chi connectivity index (χ0n) is 13.2. The second kappa shape index (κ2) is 6.73. The first-order valence-corrected chi connectivity index (χ1v) is 8.00. The van der Waals surface area contributed by atoms with Gasteiger partial charge in [0, 0.05) is 12.1 Å². The van der Waals surface area contributed by atoms with Gasteiger partial charge in [0.2, 0.25) is 0 Å². The summed E-state index contributed by atoms with van der Waals surface area (Å²) in [5.41, 5.74) is 3.15. The van der Waals surface area contributed by atoms with Crippen LogP contribution in [0.1, 0.15) is 51.2 Å². The second-order valence-corrected chi connectivity index (χ2v) is 6.95. The zero-order valence-corrected chi connectivity index (χ0v) is 13.2. The van der Waals surface area contributed by atoms with Gasteiger partial charge in [-0.15, -0.1) is 0 Å². The summed E-state index contributed by atoms with van der Waals surface area (Å²) in [6, 6.07) is 8.82. The van der Waals surface area contributed by atoms with Crippen LogP contribution in [0.2, 0.25) is 0 Å². The Morgan fingerprint density at radius 1 is 1.25 bits per heavy atom. The van der Waals surface area contributed by atoms with E-state index in [1.165, 1.54) is 30.4 Å². The fourth-order valence-electron chi connectivity index (χ4n) is 3.42. The number of aliphatic hydroxyl groups is 1. The van der Waals surface area contributed by atoms with Crippen molar-refractivity contribution in [2.24, 2.45) is 5.92 Å². The van der Waals surface area contributed by atoms with E-state index in [1.807, 2.05) is 0 Å². The molecule has 0 bridgehead atoms. The molecular formula is C18H29NO. The summed E-state index contributed by atoms with van der Waals surface area (Å²) in [5, 5.41) is 13.4. The molecule has 1 atom stereocenters. The quantitative estimate of drug-likeness (QED) is 0.800. The van der Waals surface area contributed by atoms with Gasteiger partial charge in [0.05, 0.1) is 6.10 Å². The number of fused-ring (bicyclic) bond motifs is 1. The summed E-state index contributed by atoms with van der Waals surface area (Å²) in [4.78, 5) is 0. The SMILES string of the molecule is CCC[C@H](O)CNC(C)(C)CC1Cc2ccccc2C1. The highest BCUT2D eigenvalue weighted by Gasteiger charge is 2.28. The molecule has 0 unspecified atom stereocenters. The number of benzene rings is 1. The van der Waals surface area contributed by atoms with Crippen LogP contribution in [0.4, 0.5) is 0 Å². The van der Waals surface area contributed by atoms with E-state index in [0.717, 1.165) is 18.8 Å². The Kier molecular flexibility index (Phi) is 5.22. The molecule has 2 nitrogen and oxygen atoms in total. The molecule has 1 aromatic rings. The largest absolute Gasteiger partial charge is 0.392 e. The van der Waals surface area contributed by atoms with Gasteiger partial charge in [-0.1, -0.05) is 37.6 Å². The molecule has 1 aliphatic rings. The Hall–Kier alpha value is -0.860. The summed E-state index contributed by atoms with van der Waals surface area (Å²) in [6.07, 6.45) is 5.30. The summed E-state index contributed by atoms with van der Waals surface area (Å²) >= 11 is 0. The molecule has 2 N–H and O–H groups in total. The van der Waals surface area contributed by atoms with Crippen molar-refractivity contribution in [3.63, 3.8) is 0 Å². The van der Waals surface area contributed by atoms with Gasteiger partial charge in [0.15, 0.2) is 0 Å². The van der Waals surface area contributed by atoms with Crippen LogP contribution in [0.3, 0.4) is 0 Å². The fraction of sp³-hybridized carbons (Fsp3) is 0.667. The van der Waals surface area contributed by atoms with Gasteiger partial charge in [-0.05, 0) is 56.6 Å². The molecule has 0 saturated heterocycles. The van der Waals surface area contributed by atoms with Crippen LogP contribution in [0.5, 0.6) is 0 Å². The summed E-state index contributed by atoms with van der Waals surface area (Å²) in [5.74, 6) is 0.734. The number of nitrogens with one attached hydrogen (secondary N) is 1. The summed E-state index contributed by atoms with van der Waals surface area (Å²) in [6.45, 7) is 7.34. The fourth-order valence-corrected chi connectivity index (χ4v) is 3.42. The molecule has 0 aromatic heterocycles. The van der Waals surface area contributed by atoms with Crippen LogP contribution in [-0.2, 0) is 12.8 Å². The molecule has 20 heavy (non-hydrogen) atoms. The van der Waals surface area contributed by atoms with Crippen LogP contribution in [0, 0.1) is 5.92 Å². The Balaban J connectivity index is 1.81. The summed E-state index contributed by atoms with van der Waals surface area (Å²) in [7, 11) is 0. The molecule has 2 rings (SSSR count). The van der Waals surface area contributed by atoms with Crippen molar-refractivity contribution in [1.82, 2.24) is 5.32 Å². The number of hydrogen-bond donors (Lipinski definition) is 2. The predicted molar refractivity (Wildman–Crippen MR) is 85.0 cm³/mol. The van der Waals surface area contributed by atoms with Crippen LogP contribution < -0.4 is 5.32 Å². The molecule has 0 fully saturated rings. The Morgan fingerprint density at radius 3 is 2.40 bits per heavy atom. The topological polar surface area (TPSA) is 32.3 Å². The first-order valence-electron chi connectivity index (χ1n) is 8.00. The highest BCUT2D eigenvalue weighted by molar-refractivity contribution is 5.32. The lowest BCUT2D eigenvalue weighted by atomic mass is 9.88. The van der Waals surface area contributed by atoms with Gasteiger partial charge in [-0.3, -0.25) is 0 Å². The number of rotatable bonds is 7. The lowest BCUT2D eigenvalue weighted by Gasteiger charge is -2.30. The van der Waals surface area contributed by atoms with Crippen LogP contribution in [0.15, 0.2) is 24.3 Å². The minimum absolute atomic E-state index is 0.0986. The first-order chi connectivity index (χ1) is 9.50. The maximum atomic E-state index is 9.85. The lowest BCUT2D eigenvalue weighted by Crippen LogP contribution is -2.44. The van der Waals surface area contributed by atoms with E-state index in [4.69, 9.17) is 0 Å². The van der Waals surface area contributed by atoms with Gasteiger partial charge >= 0.3 is 0 Å². The van der Waals surface area contributed by atoms with Crippen molar-refractivity contribution in [1.29, 1.82) is 0 Å². The van der Waals surface area contributed by atoms with Crippen molar-refractivity contribution < 1.29 is 5.11 Å². The second-order valence-electron chi connectivity index (χ2n) is 6.95. The Morgan fingerprint density at radius 2 is 1.85 bits per heavy atom. The third kappa shape index (κ3) is 4.32. The smallest absolute Gasteiger partial charge is 0.0664 e. The maximum Gasteiger partial charge on any atom is 0.0664 e. The van der Waals surface area contributed by atoms with Crippen molar-refractivity contribution in [3.8, 4) is 0 Å². The van der Waals surface area contributed by atoms with Gasteiger partial charge in [-0.25, -0.2) is 0 Å². The standard InChI is InChI=1S/C18H29NO/c1-4-7-17(20)13-19-18(2,3)12-14-10-15-8-5-6-9-16(15)11-14/h5-6,8-9,14,17,19-20H,4,7,10-13H2,1-3H3/t17-/m0/s1. The third-order valence-electron chi connectivity index (χ3n) is 4.37. The Labute approximate surface area is 123 Å². The summed E-state index contributed by atoms with van der Waals surface area (Å²) < 4.78 is 0. The zero-order chi connectivity index (χ0) is 14.6. The average Bonchev–Trinajstić information content (AvgIpc) is 2.78. The van der Waals surface area contributed by atoms with E-state index >= 15 is 0 Å². The van der Waals surface area contributed by atoms with Gasteiger partial charge in [0.1, 0.15) is 0 Å². The lowest BCUT2D eigenvalue weighted by molar-refractivity contribution is 0.143. The van der Waals surface area contributed by atoms with Crippen molar-refractivity contribution in [2.45, 2.75) is 64.5 Å². The van der Waals surface area contributed by atoms with E-state index in [-0.39, 0.29) is 11.6 Å². The van der Waals surface area contributed by atoms with E-state index in [0.29, 0.717) is 6.54 Å². The van der Waals surface area contributed by atoms with Crippen LogP contribution >= 0.6 is 0 Å². The minimum Gasteiger partial charge on any atom is -0.392 e.